The maximum absolute atomic E-state index is 11.9. The second-order valence-corrected chi connectivity index (χ2v) is 5.53. The Morgan fingerprint density at radius 1 is 1.56 bits per heavy atom. The number of hydrogen-bond donors (Lipinski definition) is 2. The number of amides is 1. The van der Waals surface area contributed by atoms with Gasteiger partial charge >= 0.3 is 0 Å². The molecular weight excluding hydrogens is 250 g/mol. The van der Waals surface area contributed by atoms with Crippen molar-refractivity contribution >= 4 is 17.2 Å². The van der Waals surface area contributed by atoms with Gasteiger partial charge in [0, 0.05) is 9.75 Å². The fraction of sp³-hybridized carbons (Fsp3) is 0.308. The summed E-state index contributed by atoms with van der Waals surface area (Å²) in [5.74, 6) is 0.288. The minimum atomic E-state index is -0.816. The molecule has 0 aliphatic rings. The lowest BCUT2D eigenvalue weighted by atomic mass is 10.2. The molecule has 2 aromatic heterocycles. The van der Waals surface area contributed by atoms with E-state index >= 15 is 0 Å². The van der Waals surface area contributed by atoms with Crippen molar-refractivity contribution in [3.63, 3.8) is 0 Å². The predicted octanol–water partition coefficient (Wildman–Crippen LogP) is 2.42. The van der Waals surface area contributed by atoms with Gasteiger partial charge in [-0.25, -0.2) is 0 Å². The van der Waals surface area contributed by atoms with E-state index in [1.807, 2.05) is 19.9 Å². The van der Waals surface area contributed by atoms with Crippen molar-refractivity contribution in [3.8, 4) is 0 Å². The Hall–Kier alpha value is -1.59. The molecule has 0 aliphatic heterocycles. The molecule has 1 amide bonds. The molecule has 0 aliphatic carbocycles. The van der Waals surface area contributed by atoms with Crippen LogP contribution in [0.4, 0.5) is 0 Å². The first-order valence-electron chi connectivity index (χ1n) is 5.64. The lowest BCUT2D eigenvalue weighted by Gasteiger charge is -2.09. The number of aryl methyl sites for hydroxylation is 2. The number of nitrogens with one attached hydrogen (secondary N) is 1. The van der Waals surface area contributed by atoms with Gasteiger partial charge in [-0.15, -0.1) is 11.3 Å². The van der Waals surface area contributed by atoms with Crippen LogP contribution in [0.15, 0.2) is 28.9 Å². The van der Waals surface area contributed by atoms with Gasteiger partial charge in [-0.05, 0) is 32.0 Å². The lowest BCUT2D eigenvalue weighted by Crippen LogP contribution is -2.28. The van der Waals surface area contributed by atoms with Gasteiger partial charge in [-0.3, -0.25) is 4.79 Å². The number of hydrogen-bond acceptors (Lipinski definition) is 4. The van der Waals surface area contributed by atoms with Crippen molar-refractivity contribution in [1.82, 2.24) is 5.32 Å². The maximum atomic E-state index is 11.9. The fourth-order valence-corrected chi connectivity index (χ4v) is 2.64. The average Bonchev–Trinajstić information content (AvgIpc) is 2.95. The van der Waals surface area contributed by atoms with Crippen LogP contribution in [-0.2, 0) is 0 Å². The average molecular weight is 265 g/mol. The third-order valence-corrected chi connectivity index (χ3v) is 3.58. The molecular formula is C13H15NO3S. The largest absolute Gasteiger partial charge is 0.467 e. The number of aliphatic hydroxyl groups excluding tert-OH is 1. The highest BCUT2D eigenvalue weighted by Crippen LogP contribution is 2.20. The molecule has 1 atom stereocenters. The Balaban J connectivity index is 1.94. The maximum Gasteiger partial charge on any atom is 0.252 e. The van der Waals surface area contributed by atoms with E-state index in [-0.39, 0.29) is 12.5 Å². The van der Waals surface area contributed by atoms with Gasteiger partial charge in [0.15, 0.2) is 0 Å². The highest BCUT2D eigenvalue weighted by atomic mass is 32.1. The van der Waals surface area contributed by atoms with Crippen LogP contribution in [-0.4, -0.2) is 17.6 Å². The molecule has 0 saturated carbocycles. The van der Waals surface area contributed by atoms with E-state index < -0.39 is 6.10 Å². The third-order valence-electron chi connectivity index (χ3n) is 2.61. The standard InChI is InChI=1S/C13H15NO3S/c1-8-6-10(9(2)18-8)13(16)14-7-11(15)12-4-3-5-17-12/h3-6,11,15H,7H2,1-2H3,(H,14,16). The topological polar surface area (TPSA) is 62.5 Å². The smallest absolute Gasteiger partial charge is 0.252 e. The predicted molar refractivity (Wildman–Crippen MR) is 69.8 cm³/mol. The van der Waals surface area contributed by atoms with Gasteiger partial charge in [-0.1, -0.05) is 0 Å². The van der Waals surface area contributed by atoms with Crippen LogP contribution in [0.2, 0.25) is 0 Å². The Bertz CT molecular complexity index is 530. The Morgan fingerprint density at radius 2 is 2.33 bits per heavy atom. The van der Waals surface area contributed by atoms with E-state index in [9.17, 15) is 9.90 Å². The Labute approximate surface area is 109 Å². The summed E-state index contributed by atoms with van der Waals surface area (Å²) in [6, 6.07) is 5.23. The van der Waals surface area contributed by atoms with Crippen molar-refractivity contribution in [1.29, 1.82) is 0 Å². The first-order valence-corrected chi connectivity index (χ1v) is 6.46. The van der Waals surface area contributed by atoms with Crippen LogP contribution in [0.25, 0.3) is 0 Å². The summed E-state index contributed by atoms with van der Waals surface area (Å²) in [4.78, 5) is 14.0. The van der Waals surface area contributed by atoms with Crippen LogP contribution in [0.3, 0.4) is 0 Å². The summed E-state index contributed by atoms with van der Waals surface area (Å²) >= 11 is 1.59. The molecule has 0 spiro atoms. The van der Waals surface area contributed by atoms with Gasteiger partial charge in [-0.2, -0.15) is 0 Å². The molecule has 4 nitrogen and oxygen atoms in total. The van der Waals surface area contributed by atoms with Gasteiger partial charge in [0.25, 0.3) is 5.91 Å². The zero-order valence-corrected chi connectivity index (χ0v) is 11.1. The van der Waals surface area contributed by atoms with E-state index in [4.69, 9.17) is 4.42 Å². The molecule has 0 aromatic carbocycles. The highest BCUT2D eigenvalue weighted by molar-refractivity contribution is 7.12. The number of furan rings is 1. The molecule has 96 valence electrons. The Kier molecular flexibility index (Phi) is 3.84. The van der Waals surface area contributed by atoms with Crippen LogP contribution in [0, 0.1) is 13.8 Å². The first kappa shape index (κ1) is 12.9. The summed E-state index contributed by atoms with van der Waals surface area (Å²) in [6.45, 7) is 4.02. The number of carbonyl (C=O) groups is 1. The normalized spacial score (nSPS) is 12.4. The second kappa shape index (κ2) is 5.37. The van der Waals surface area contributed by atoms with Crippen LogP contribution in [0.5, 0.6) is 0 Å². The monoisotopic (exact) mass is 265 g/mol. The summed E-state index contributed by atoms with van der Waals surface area (Å²) in [6.07, 6.45) is 0.677. The van der Waals surface area contributed by atoms with E-state index in [0.29, 0.717) is 11.3 Å². The zero-order valence-electron chi connectivity index (χ0n) is 10.3. The molecule has 5 heteroatoms. The van der Waals surface area contributed by atoms with Crippen molar-refractivity contribution in [3.05, 3.63) is 45.5 Å². The van der Waals surface area contributed by atoms with Gasteiger partial charge < -0.3 is 14.8 Å². The SMILES string of the molecule is Cc1cc(C(=O)NCC(O)c2ccco2)c(C)s1. The molecule has 2 N–H and O–H groups in total. The lowest BCUT2D eigenvalue weighted by molar-refractivity contribution is 0.0901. The van der Waals surface area contributed by atoms with Crippen LogP contribution < -0.4 is 5.32 Å². The van der Waals surface area contributed by atoms with E-state index in [2.05, 4.69) is 5.32 Å². The number of rotatable bonds is 4. The van der Waals surface area contributed by atoms with Gasteiger partial charge in [0.05, 0.1) is 18.4 Å². The summed E-state index contributed by atoms with van der Waals surface area (Å²) < 4.78 is 5.06. The zero-order chi connectivity index (χ0) is 13.1. The molecule has 0 bridgehead atoms. The van der Waals surface area contributed by atoms with Crippen LogP contribution in [0.1, 0.15) is 32.0 Å². The van der Waals surface area contributed by atoms with E-state index in [0.717, 1.165) is 9.75 Å². The van der Waals surface area contributed by atoms with Gasteiger partial charge in [0.2, 0.25) is 0 Å². The number of thiophene rings is 1. The molecule has 2 heterocycles. The summed E-state index contributed by atoms with van der Waals surface area (Å²) in [5.41, 5.74) is 0.671. The summed E-state index contributed by atoms with van der Waals surface area (Å²) in [5, 5.41) is 12.5. The Morgan fingerprint density at radius 3 is 2.89 bits per heavy atom. The quantitative estimate of drug-likeness (QED) is 0.892. The third kappa shape index (κ3) is 2.80. The first-order chi connectivity index (χ1) is 8.58. The van der Waals surface area contributed by atoms with Crippen molar-refractivity contribution in [2.24, 2.45) is 0 Å². The van der Waals surface area contributed by atoms with E-state index in [1.165, 1.54) is 6.26 Å². The minimum Gasteiger partial charge on any atom is -0.467 e. The van der Waals surface area contributed by atoms with Crippen molar-refractivity contribution in [2.45, 2.75) is 20.0 Å². The molecule has 18 heavy (non-hydrogen) atoms. The highest BCUT2D eigenvalue weighted by Gasteiger charge is 2.15. The van der Waals surface area contributed by atoms with Crippen LogP contribution >= 0.6 is 11.3 Å². The number of carbonyl (C=O) groups excluding carboxylic acids is 1. The second-order valence-electron chi connectivity index (χ2n) is 4.07. The van der Waals surface area contributed by atoms with E-state index in [1.54, 1.807) is 23.5 Å². The molecule has 0 fully saturated rings. The van der Waals surface area contributed by atoms with Crippen molar-refractivity contribution < 1.29 is 14.3 Å². The van der Waals surface area contributed by atoms with Gasteiger partial charge in [0.1, 0.15) is 11.9 Å². The molecule has 2 rings (SSSR count). The molecule has 2 aromatic rings. The fourth-order valence-electron chi connectivity index (χ4n) is 1.72. The minimum absolute atomic E-state index is 0.140. The van der Waals surface area contributed by atoms with Crippen molar-refractivity contribution in [2.75, 3.05) is 6.54 Å². The number of aliphatic hydroxyl groups is 1. The molecule has 0 saturated heterocycles. The molecule has 0 radical (unpaired) electrons. The summed E-state index contributed by atoms with van der Waals surface area (Å²) in [7, 11) is 0. The molecule has 1 unspecified atom stereocenters.